The lowest BCUT2D eigenvalue weighted by molar-refractivity contribution is 0.00578. The minimum atomic E-state index is -0.520. The molecule has 0 aromatic carbocycles. The van der Waals surface area contributed by atoms with Crippen LogP contribution in [-0.2, 0) is 14.0 Å². The van der Waals surface area contributed by atoms with Gasteiger partial charge in [0.2, 0.25) is 0 Å². The summed E-state index contributed by atoms with van der Waals surface area (Å²) < 4.78 is 17.9. The molecule has 0 spiro atoms. The van der Waals surface area contributed by atoms with Crippen molar-refractivity contribution in [3.8, 4) is 0 Å². The topological polar surface area (TPSA) is 48.0 Å². The number of rotatable bonds is 1. The van der Waals surface area contributed by atoms with Gasteiger partial charge in [0.1, 0.15) is 5.60 Å². The number of nitrogens with zero attached hydrogens (tertiary/aromatic N) is 1. The van der Waals surface area contributed by atoms with Crippen LogP contribution in [0.15, 0.2) is 12.2 Å². The van der Waals surface area contributed by atoms with Crippen LogP contribution < -0.4 is 0 Å². The number of amides is 1. The highest BCUT2D eigenvalue weighted by Gasteiger charge is 2.55. The van der Waals surface area contributed by atoms with E-state index in [1.807, 2.05) is 54.5 Å². The minimum absolute atomic E-state index is 0.152. The molecule has 1 amide bonds. The van der Waals surface area contributed by atoms with Gasteiger partial charge in [-0.15, -0.1) is 0 Å². The van der Waals surface area contributed by atoms with Crippen LogP contribution in [0.25, 0.3) is 0 Å². The van der Waals surface area contributed by atoms with Crippen LogP contribution in [-0.4, -0.2) is 47.4 Å². The largest absolute Gasteiger partial charge is 0.482 e. The number of hydrogen-bond donors (Lipinski definition) is 0. The number of carbonyl (C=O) groups is 1. The van der Waals surface area contributed by atoms with Crippen LogP contribution in [0.3, 0.4) is 0 Å². The Hall–Kier alpha value is -1.01. The first-order chi connectivity index (χ1) is 10.4. The highest BCUT2D eigenvalue weighted by atomic mass is 16.7. The first-order valence-corrected chi connectivity index (χ1v) is 8.43. The molecule has 0 N–H and O–H groups in total. The molecule has 1 fully saturated rings. The van der Waals surface area contributed by atoms with E-state index in [4.69, 9.17) is 14.0 Å². The third-order valence-corrected chi connectivity index (χ3v) is 4.71. The third kappa shape index (κ3) is 4.10. The van der Waals surface area contributed by atoms with Crippen LogP contribution in [0, 0.1) is 0 Å². The molecule has 130 valence electrons. The Morgan fingerprint density at radius 2 is 1.74 bits per heavy atom. The van der Waals surface area contributed by atoms with Crippen LogP contribution in [0.1, 0.15) is 61.3 Å². The maximum Gasteiger partial charge on any atom is 0.482 e. The quantitative estimate of drug-likeness (QED) is 0.547. The fourth-order valence-electron chi connectivity index (χ4n) is 2.72. The average molecular weight is 323 g/mol. The Balaban J connectivity index is 2.19. The standard InChI is InChI=1S/C17H30BNO4/c1-15(2,3)21-14(20)19-12-10-8-9-11-13(19)18-22-16(4,5)17(6,7)23-18/h8,10,13H,9,11-12H2,1-7H3. The summed E-state index contributed by atoms with van der Waals surface area (Å²) in [7, 11) is -0.438. The molecule has 0 aromatic rings. The van der Waals surface area contributed by atoms with E-state index in [1.54, 1.807) is 4.90 Å². The molecule has 1 atom stereocenters. The molecule has 0 aliphatic carbocycles. The van der Waals surface area contributed by atoms with E-state index < -0.39 is 23.9 Å². The molecular weight excluding hydrogens is 293 g/mol. The van der Waals surface area contributed by atoms with E-state index in [0.29, 0.717) is 6.54 Å². The summed E-state index contributed by atoms with van der Waals surface area (Å²) in [4.78, 5) is 14.3. The summed E-state index contributed by atoms with van der Waals surface area (Å²) in [5.74, 6) is -0.152. The average Bonchev–Trinajstić information content (AvgIpc) is 2.55. The molecule has 1 unspecified atom stereocenters. The second-order valence-corrected chi connectivity index (χ2v) is 8.37. The molecule has 2 aliphatic heterocycles. The van der Waals surface area contributed by atoms with Crippen molar-refractivity contribution in [3.63, 3.8) is 0 Å². The van der Waals surface area contributed by atoms with Gasteiger partial charge in [-0.2, -0.15) is 0 Å². The van der Waals surface area contributed by atoms with Crippen molar-refractivity contribution in [1.29, 1.82) is 0 Å². The van der Waals surface area contributed by atoms with Gasteiger partial charge in [0.15, 0.2) is 0 Å². The molecule has 5 nitrogen and oxygen atoms in total. The summed E-state index contributed by atoms with van der Waals surface area (Å²) in [6, 6.07) is 0. The third-order valence-electron chi connectivity index (χ3n) is 4.71. The molecule has 0 aromatic heterocycles. The molecule has 6 heteroatoms. The maximum atomic E-state index is 12.6. The fourth-order valence-corrected chi connectivity index (χ4v) is 2.72. The lowest BCUT2D eigenvalue weighted by atomic mass is 9.75. The Labute approximate surface area is 140 Å². The highest BCUT2D eigenvalue weighted by Crippen LogP contribution is 2.39. The van der Waals surface area contributed by atoms with Crippen molar-refractivity contribution < 1.29 is 18.8 Å². The first kappa shape index (κ1) is 18.3. The van der Waals surface area contributed by atoms with Crippen LogP contribution in [0.4, 0.5) is 4.79 Å². The minimum Gasteiger partial charge on any atom is -0.444 e. The van der Waals surface area contributed by atoms with Crippen molar-refractivity contribution in [2.45, 2.75) is 84.1 Å². The summed E-state index contributed by atoms with van der Waals surface area (Å²) in [6.45, 7) is 14.3. The Morgan fingerprint density at radius 1 is 1.17 bits per heavy atom. The molecule has 0 saturated carbocycles. The summed E-state index contributed by atoms with van der Waals surface area (Å²) in [6.07, 6.45) is 5.49. The number of carbonyl (C=O) groups excluding carboxylic acids is 1. The van der Waals surface area contributed by atoms with Crippen molar-refractivity contribution >= 4 is 13.2 Å². The number of allylic oxidation sites excluding steroid dienone is 1. The van der Waals surface area contributed by atoms with E-state index in [0.717, 1.165) is 12.8 Å². The SMILES string of the molecule is CC(C)(C)OC(=O)N1CC=CCCC1B1OC(C)(C)C(C)(C)O1. The van der Waals surface area contributed by atoms with Crippen molar-refractivity contribution in [2.24, 2.45) is 0 Å². The fraction of sp³-hybridized carbons (Fsp3) is 0.824. The van der Waals surface area contributed by atoms with Gasteiger partial charge < -0.3 is 18.9 Å². The van der Waals surface area contributed by atoms with E-state index in [1.165, 1.54) is 0 Å². The van der Waals surface area contributed by atoms with Crippen molar-refractivity contribution in [2.75, 3.05) is 6.54 Å². The summed E-state index contributed by atoms with van der Waals surface area (Å²) in [5, 5.41) is 0. The molecular formula is C17H30BNO4. The van der Waals surface area contributed by atoms with E-state index in [2.05, 4.69) is 6.08 Å². The normalized spacial score (nSPS) is 27.0. The van der Waals surface area contributed by atoms with Crippen LogP contribution in [0.5, 0.6) is 0 Å². The molecule has 2 heterocycles. The van der Waals surface area contributed by atoms with Crippen LogP contribution in [0.2, 0.25) is 0 Å². The van der Waals surface area contributed by atoms with E-state index in [-0.39, 0.29) is 12.0 Å². The molecule has 23 heavy (non-hydrogen) atoms. The summed E-state index contributed by atoms with van der Waals surface area (Å²) in [5.41, 5.74) is -1.33. The van der Waals surface area contributed by atoms with Gasteiger partial charge in [-0.1, -0.05) is 12.2 Å². The van der Waals surface area contributed by atoms with Crippen molar-refractivity contribution in [3.05, 3.63) is 12.2 Å². The summed E-state index contributed by atoms with van der Waals surface area (Å²) >= 11 is 0. The molecule has 2 aliphatic rings. The second-order valence-electron chi connectivity index (χ2n) is 8.37. The van der Waals surface area contributed by atoms with Crippen molar-refractivity contribution in [1.82, 2.24) is 4.90 Å². The maximum absolute atomic E-state index is 12.6. The Bertz CT molecular complexity index is 465. The Morgan fingerprint density at radius 3 is 2.26 bits per heavy atom. The van der Waals surface area contributed by atoms with Gasteiger partial charge in [-0.25, -0.2) is 4.79 Å². The van der Waals surface area contributed by atoms with E-state index in [9.17, 15) is 4.79 Å². The van der Waals surface area contributed by atoms with Crippen LogP contribution >= 0.6 is 0 Å². The molecule has 0 radical (unpaired) electrons. The zero-order chi connectivity index (χ0) is 17.5. The predicted octanol–water partition coefficient (Wildman–Crippen LogP) is 3.57. The zero-order valence-electron chi connectivity index (χ0n) is 15.5. The predicted molar refractivity (Wildman–Crippen MR) is 91.2 cm³/mol. The van der Waals surface area contributed by atoms with Gasteiger partial charge in [0.05, 0.1) is 17.1 Å². The van der Waals surface area contributed by atoms with E-state index >= 15 is 0 Å². The lowest BCUT2D eigenvalue weighted by Crippen LogP contribution is -2.51. The monoisotopic (exact) mass is 323 g/mol. The number of ether oxygens (including phenoxy) is 1. The lowest BCUT2D eigenvalue weighted by Gasteiger charge is -2.33. The Kier molecular flexibility index (Phi) is 4.89. The van der Waals surface area contributed by atoms with Gasteiger partial charge in [-0.05, 0) is 61.3 Å². The zero-order valence-corrected chi connectivity index (χ0v) is 15.5. The highest BCUT2D eigenvalue weighted by molar-refractivity contribution is 6.48. The number of hydrogen-bond acceptors (Lipinski definition) is 4. The molecule has 2 rings (SSSR count). The second kappa shape index (κ2) is 6.13. The molecule has 0 bridgehead atoms. The van der Waals surface area contributed by atoms with Gasteiger partial charge in [0.25, 0.3) is 0 Å². The van der Waals surface area contributed by atoms with Gasteiger partial charge >= 0.3 is 13.2 Å². The smallest absolute Gasteiger partial charge is 0.444 e. The van der Waals surface area contributed by atoms with Gasteiger partial charge in [0, 0.05) is 6.54 Å². The molecule has 1 saturated heterocycles. The first-order valence-electron chi connectivity index (χ1n) is 8.43. The van der Waals surface area contributed by atoms with Gasteiger partial charge in [-0.3, -0.25) is 0 Å².